The summed E-state index contributed by atoms with van der Waals surface area (Å²) in [6.07, 6.45) is 3.96. The van der Waals surface area contributed by atoms with Crippen LogP contribution in [-0.4, -0.2) is 49.2 Å². The molecule has 1 aliphatic rings. The molecule has 2 N–H and O–H groups in total. The molecule has 1 aromatic rings. The molecule has 1 aromatic carbocycles. The van der Waals surface area contributed by atoms with Crippen molar-refractivity contribution >= 4 is 35.5 Å². The van der Waals surface area contributed by atoms with Gasteiger partial charge in [0.05, 0.1) is 12.9 Å². The summed E-state index contributed by atoms with van der Waals surface area (Å²) < 4.78 is 10.2. The summed E-state index contributed by atoms with van der Waals surface area (Å²) in [5.41, 5.74) is 1.36. The lowest BCUT2D eigenvalue weighted by atomic mass is 10.1. The molecule has 0 saturated heterocycles. The number of carbonyl (C=O) groups excluding carboxylic acids is 4. The van der Waals surface area contributed by atoms with Gasteiger partial charge in [-0.3, -0.25) is 19.7 Å². The Morgan fingerprint density at radius 1 is 1.17 bits per heavy atom. The second-order valence-electron chi connectivity index (χ2n) is 6.74. The zero-order chi connectivity index (χ0) is 21.2. The van der Waals surface area contributed by atoms with E-state index in [4.69, 9.17) is 9.47 Å². The smallest absolute Gasteiger partial charge is 0.321 e. The molecule has 0 atom stereocenters. The Labute approximate surface area is 174 Å². The first kappa shape index (κ1) is 22.7. The molecule has 8 nitrogen and oxygen atoms in total. The lowest BCUT2D eigenvalue weighted by Crippen LogP contribution is -2.45. The number of ether oxygens (including phenoxy) is 2. The molecular formula is C20H26N2O6S. The molecule has 2 rings (SSSR count). The van der Waals surface area contributed by atoms with E-state index in [0.717, 1.165) is 31.2 Å². The zero-order valence-corrected chi connectivity index (χ0v) is 17.4. The van der Waals surface area contributed by atoms with Crippen molar-refractivity contribution in [2.45, 2.75) is 44.4 Å². The third-order valence-electron chi connectivity index (χ3n) is 4.47. The monoisotopic (exact) mass is 422 g/mol. The highest BCUT2D eigenvalue weighted by Crippen LogP contribution is 2.25. The summed E-state index contributed by atoms with van der Waals surface area (Å²) in [7, 11) is 1.53. The van der Waals surface area contributed by atoms with E-state index >= 15 is 0 Å². The van der Waals surface area contributed by atoms with Gasteiger partial charge < -0.3 is 14.8 Å². The molecule has 1 fully saturated rings. The predicted octanol–water partition coefficient (Wildman–Crippen LogP) is 2.44. The Morgan fingerprint density at radius 3 is 2.55 bits per heavy atom. The number of hydrogen-bond donors (Lipinski definition) is 2. The van der Waals surface area contributed by atoms with Gasteiger partial charge in [0.25, 0.3) is 5.91 Å². The molecule has 29 heavy (non-hydrogen) atoms. The number of hydrogen-bond acceptors (Lipinski definition) is 7. The van der Waals surface area contributed by atoms with Gasteiger partial charge in [0.2, 0.25) is 0 Å². The number of esters is 1. The maximum absolute atomic E-state index is 11.8. The third-order valence-corrected chi connectivity index (χ3v) is 5.43. The number of imide groups is 1. The fourth-order valence-corrected chi connectivity index (χ4v) is 3.79. The van der Waals surface area contributed by atoms with Crippen molar-refractivity contribution in [3.05, 3.63) is 29.3 Å². The van der Waals surface area contributed by atoms with Crippen molar-refractivity contribution < 1.29 is 28.7 Å². The molecule has 1 aliphatic carbocycles. The third kappa shape index (κ3) is 7.77. The summed E-state index contributed by atoms with van der Waals surface area (Å²) in [4.78, 5) is 46.7. The van der Waals surface area contributed by atoms with Crippen molar-refractivity contribution in [1.82, 2.24) is 10.6 Å². The number of methoxy groups -OCH3 is 1. The minimum atomic E-state index is -0.672. The molecule has 0 bridgehead atoms. The van der Waals surface area contributed by atoms with E-state index in [2.05, 4.69) is 10.6 Å². The number of benzene rings is 1. The van der Waals surface area contributed by atoms with Crippen LogP contribution < -0.4 is 15.4 Å². The number of amides is 3. The summed E-state index contributed by atoms with van der Waals surface area (Å²) >= 11 is 1.27. The van der Waals surface area contributed by atoms with Crippen molar-refractivity contribution in [1.29, 1.82) is 0 Å². The summed E-state index contributed by atoms with van der Waals surface area (Å²) in [6.45, 7) is 0.968. The predicted molar refractivity (Wildman–Crippen MR) is 109 cm³/mol. The number of ketones is 1. The van der Waals surface area contributed by atoms with Crippen LogP contribution in [0.1, 0.15) is 48.5 Å². The van der Waals surface area contributed by atoms with Crippen LogP contribution in [-0.2, 0) is 20.1 Å². The Hall–Kier alpha value is -2.55. The van der Waals surface area contributed by atoms with E-state index in [1.807, 2.05) is 0 Å². The van der Waals surface area contributed by atoms with Crippen LogP contribution in [0, 0.1) is 0 Å². The fraction of sp³-hybridized carbons (Fsp3) is 0.500. The van der Waals surface area contributed by atoms with Crippen LogP contribution in [0.4, 0.5) is 4.79 Å². The Kier molecular flexibility index (Phi) is 8.98. The van der Waals surface area contributed by atoms with E-state index in [1.54, 1.807) is 18.2 Å². The summed E-state index contributed by atoms with van der Waals surface area (Å²) in [6, 6.07) is 4.66. The number of carbonyl (C=O) groups is 4. The molecular weight excluding hydrogens is 396 g/mol. The maximum atomic E-state index is 11.8. The van der Waals surface area contributed by atoms with Crippen LogP contribution in [0.2, 0.25) is 0 Å². The standard InChI is InChI=1S/C20H26N2O6S/c1-13(23)14-7-8-17(27-2)15(9-14)11-29-12-19(25)28-10-18(24)22-20(26)21-16-5-3-4-6-16/h7-9,16H,3-6,10-12H2,1-2H3,(H2,21,22,24,26). The quantitative estimate of drug-likeness (QED) is 0.464. The molecule has 158 valence electrons. The lowest BCUT2D eigenvalue weighted by molar-refractivity contribution is -0.145. The average molecular weight is 423 g/mol. The van der Waals surface area contributed by atoms with Gasteiger partial charge in [-0.15, -0.1) is 11.8 Å². The van der Waals surface area contributed by atoms with E-state index < -0.39 is 24.5 Å². The van der Waals surface area contributed by atoms with Gasteiger partial charge in [0.1, 0.15) is 5.75 Å². The number of thioether (sulfide) groups is 1. The largest absolute Gasteiger partial charge is 0.496 e. The average Bonchev–Trinajstić information content (AvgIpc) is 3.19. The Bertz CT molecular complexity index is 761. The molecule has 1 saturated carbocycles. The molecule has 0 heterocycles. The summed E-state index contributed by atoms with van der Waals surface area (Å²) in [5.74, 6) is -0.202. The van der Waals surface area contributed by atoms with E-state index in [-0.39, 0.29) is 17.6 Å². The van der Waals surface area contributed by atoms with Crippen molar-refractivity contribution in [2.24, 2.45) is 0 Å². The molecule has 0 aliphatic heterocycles. The Morgan fingerprint density at radius 2 is 1.90 bits per heavy atom. The minimum Gasteiger partial charge on any atom is -0.496 e. The van der Waals surface area contributed by atoms with Crippen molar-refractivity contribution in [2.75, 3.05) is 19.5 Å². The second kappa shape index (κ2) is 11.5. The number of urea groups is 1. The molecule has 9 heteroatoms. The molecule has 0 aromatic heterocycles. The topological polar surface area (TPSA) is 111 Å². The number of rotatable bonds is 9. The maximum Gasteiger partial charge on any atom is 0.321 e. The van der Waals surface area contributed by atoms with Gasteiger partial charge in [-0.1, -0.05) is 12.8 Å². The van der Waals surface area contributed by atoms with Gasteiger partial charge in [-0.25, -0.2) is 4.79 Å². The highest BCUT2D eigenvalue weighted by atomic mass is 32.2. The van der Waals surface area contributed by atoms with Crippen LogP contribution in [0.15, 0.2) is 18.2 Å². The van der Waals surface area contributed by atoms with Crippen LogP contribution in [0.5, 0.6) is 5.75 Å². The van der Waals surface area contributed by atoms with Gasteiger partial charge in [0.15, 0.2) is 12.4 Å². The number of Topliss-reactive ketones (excluding diaryl/α,β-unsaturated/α-hetero) is 1. The van der Waals surface area contributed by atoms with Crippen molar-refractivity contribution in [3.8, 4) is 5.75 Å². The van der Waals surface area contributed by atoms with Gasteiger partial charge >= 0.3 is 12.0 Å². The van der Waals surface area contributed by atoms with Gasteiger partial charge in [-0.2, -0.15) is 0 Å². The second-order valence-corrected chi connectivity index (χ2v) is 7.72. The van der Waals surface area contributed by atoms with Crippen molar-refractivity contribution in [3.63, 3.8) is 0 Å². The zero-order valence-electron chi connectivity index (χ0n) is 16.6. The van der Waals surface area contributed by atoms with Crippen LogP contribution >= 0.6 is 11.8 Å². The van der Waals surface area contributed by atoms with Gasteiger partial charge in [-0.05, 0) is 38.0 Å². The van der Waals surface area contributed by atoms with Crippen LogP contribution in [0.3, 0.4) is 0 Å². The molecule has 0 unspecified atom stereocenters. The highest BCUT2D eigenvalue weighted by molar-refractivity contribution is 7.99. The Balaban J connectivity index is 1.69. The molecule has 3 amide bonds. The molecule has 0 spiro atoms. The van der Waals surface area contributed by atoms with Crippen LogP contribution in [0.25, 0.3) is 0 Å². The minimum absolute atomic E-state index is 0.0228. The lowest BCUT2D eigenvalue weighted by Gasteiger charge is -2.12. The number of nitrogens with one attached hydrogen (secondary N) is 2. The van der Waals surface area contributed by atoms with E-state index in [9.17, 15) is 19.2 Å². The first-order valence-electron chi connectivity index (χ1n) is 9.40. The van der Waals surface area contributed by atoms with E-state index in [0.29, 0.717) is 17.1 Å². The first-order chi connectivity index (χ1) is 13.9. The molecule has 0 radical (unpaired) electrons. The first-order valence-corrected chi connectivity index (χ1v) is 10.6. The van der Waals surface area contributed by atoms with E-state index in [1.165, 1.54) is 25.8 Å². The van der Waals surface area contributed by atoms with Gasteiger partial charge in [0, 0.05) is 22.9 Å². The fourth-order valence-electron chi connectivity index (χ4n) is 3.00. The summed E-state index contributed by atoms with van der Waals surface area (Å²) in [5, 5.41) is 4.88. The normalized spacial score (nSPS) is 13.6. The highest BCUT2D eigenvalue weighted by Gasteiger charge is 2.18. The SMILES string of the molecule is COc1ccc(C(C)=O)cc1CSCC(=O)OCC(=O)NC(=O)NC1CCCC1.